The van der Waals surface area contributed by atoms with Gasteiger partial charge in [0.15, 0.2) is 0 Å². The van der Waals surface area contributed by atoms with Gasteiger partial charge in [-0.15, -0.1) is 0 Å². The van der Waals surface area contributed by atoms with E-state index in [0.29, 0.717) is 0 Å². The Bertz CT molecular complexity index is 358. The molecule has 0 saturated carbocycles. The molecule has 0 spiro atoms. The van der Waals surface area contributed by atoms with Crippen LogP contribution in [-0.2, 0) is 4.79 Å². The van der Waals surface area contributed by atoms with Crippen LogP contribution in [0.2, 0.25) is 0 Å². The molecule has 0 atom stereocenters. The fourth-order valence-electron chi connectivity index (χ4n) is 1.92. The van der Waals surface area contributed by atoms with Crippen molar-refractivity contribution in [1.29, 1.82) is 0 Å². The zero-order valence-corrected chi connectivity index (χ0v) is 9.49. The number of hydrogen-bond donors (Lipinski definition) is 2. The van der Waals surface area contributed by atoms with Crippen molar-refractivity contribution in [2.24, 2.45) is 5.41 Å². The van der Waals surface area contributed by atoms with Crippen LogP contribution in [0.15, 0.2) is 24.5 Å². The Morgan fingerprint density at radius 2 is 2.25 bits per heavy atom. The largest absolute Gasteiger partial charge is 0.324 e. The summed E-state index contributed by atoms with van der Waals surface area (Å²) in [5, 5.41) is 6.19. The first-order chi connectivity index (χ1) is 7.71. The number of nitrogens with zero attached hydrogens (tertiary/aromatic N) is 1. The average molecular weight is 219 g/mol. The summed E-state index contributed by atoms with van der Waals surface area (Å²) in [4.78, 5) is 16.1. The summed E-state index contributed by atoms with van der Waals surface area (Å²) in [5.41, 5.74) is 0.522. The van der Waals surface area contributed by atoms with Crippen molar-refractivity contribution in [3.05, 3.63) is 24.5 Å². The van der Waals surface area contributed by atoms with E-state index in [0.717, 1.165) is 31.6 Å². The summed E-state index contributed by atoms with van der Waals surface area (Å²) >= 11 is 0. The summed E-state index contributed by atoms with van der Waals surface area (Å²) < 4.78 is 0. The third-order valence-electron chi connectivity index (χ3n) is 3.17. The predicted octanol–water partition coefficient (Wildman–Crippen LogP) is 1.41. The van der Waals surface area contributed by atoms with Crippen LogP contribution in [0, 0.1) is 5.41 Å². The summed E-state index contributed by atoms with van der Waals surface area (Å²) in [6.07, 6.45) is 5.14. The van der Waals surface area contributed by atoms with Crippen LogP contribution in [0.5, 0.6) is 0 Å². The van der Waals surface area contributed by atoms with Gasteiger partial charge >= 0.3 is 0 Å². The number of nitrogens with one attached hydrogen (secondary N) is 2. The number of pyridine rings is 1. The highest BCUT2D eigenvalue weighted by molar-refractivity contribution is 5.94. The third kappa shape index (κ3) is 2.39. The van der Waals surface area contributed by atoms with Gasteiger partial charge in [-0.1, -0.05) is 6.92 Å². The second-order valence-corrected chi connectivity index (χ2v) is 4.51. The van der Waals surface area contributed by atoms with Crippen LogP contribution in [-0.4, -0.2) is 24.0 Å². The number of amides is 1. The minimum absolute atomic E-state index is 0.0991. The lowest BCUT2D eigenvalue weighted by atomic mass is 9.80. The van der Waals surface area contributed by atoms with E-state index in [9.17, 15) is 4.79 Å². The molecule has 2 N–H and O–H groups in total. The number of hydrogen-bond acceptors (Lipinski definition) is 3. The van der Waals surface area contributed by atoms with E-state index < -0.39 is 0 Å². The normalized spacial score (nSPS) is 19.1. The molecule has 86 valence electrons. The Balaban J connectivity index is 2.02. The minimum Gasteiger partial charge on any atom is -0.324 e. The summed E-state index contributed by atoms with van der Waals surface area (Å²) in [7, 11) is 0. The molecule has 1 aliphatic rings. The number of anilines is 1. The van der Waals surface area contributed by atoms with Gasteiger partial charge in [-0.25, -0.2) is 0 Å². The molecule has 16 heavy (non-hydrogen) atoms. The van der Waals surface area contributed by atoms with Crippen LogP contribution in [0.4, 0.5) is 5.69 Å². The van der Waals surface area contributed by atoms with Gasteiger partial charge in [-0.2, -0.15) is 0 Å². The topological polar surface area (TPSA) is 54.0 Å². The van der Waals surface area contributed by atoms with Crippen LogP contribution in [0.3, 0.4) is 0 Å². The molecule has 2 rings (SSSR count). The molecule has 0 radical (unpaired) electrons. The van der Waals surface area contributed by atoms with Gasteiger partial charge in [-0.3, -0.25) is 9.78 Å². The summed E-state index contributed by atoms with van der Waals surface area (Å²) in [6, 6.07) is 3.68. The van der Waals surface area contributed by atoms with E-state index in [-0.39, 0.29) is 11.3 Å². The molecule has 0 bridgehead atoms. The lowest BCUT2D eigenvalue weighted by Gasteiger charge is -2.32. The molecule has 1 aliphatic heterocycles. The minimum atomic E-state index is -0.249. The summed E-state index contributed by atoms with van der Waals surface area (Å²) in [5.74, 6) is 0.0991. The van der Waals surface area contributed by atoms with Crippen LogP contribution >= 0.6 is 0 Å². The van der Waals surface area contributed by atoms with E-state index >= 15 is 0 Å². The van der Waals surface area contributed by atoms with Crippen LogP contribution in [0.1, 0.15) is 19.8 Å². The lowest BCUT2D eigenvalue weighted by molar-refractivity contribution is -0.126. The molecule has 1 aromatic rings. The number of aromatic nitrogens is 1. The molecule has 1 aromatic heterocycles. The first-order valence-electron chi connectivity index (χ1n) is 5.63. The Morgan fingerprint density at radius 1 is 1.50 bits per heavy atom. The smallest absolute Gasteiger partial charge is 0.230 e. The molecule has 1 fully saturated rings. The Labute approximate surface area is 95.5 Å². The highest BCUT2D eigenvalue weighted by Crippen LogP contribution is 2.29. The molecule has 4 nitrogen and oxygen atoms in total. The number of piperidine rings is 1. The zero-order chi connectivity index (χ0) is 11.4. The average Bonchev–Trinajstić information content (AvgIpc) is 2.31. The molecule has 4 heteroatoms. The van der Waals surface area contributed by atoms with Gasteiger partial charge in [0.25, 0.3) is 0 Å². The van der Waals surface area contributed by atoms with Gasteiger partial charge in [0.2, 0.25) is 5.91 Å². The van der Waals surface area contributed by atoms with Crippen molar-refractivity contribution < 1.29 is 4.79 Å². The van der Waals surface area contributed by atoms with Crippen molar-refractivity contribution in [2.75, 3.05) is 18.4 Å². The van der Waals surface area contributed by atoms with Crippen molar-refractivity contribution in [3.63, 3.8) is 0 Å². The van der Waals surface area contributed by atoms with Crippen LogP contribution < -0.4 is 10.6 Å². The Hall–Kier alpha value is -1.42. The second kappa shape index (κ2) is 4.61. The highest BCUT2D eigenvalue weighted by atomic mass is 16.2. The highest BCUT2D eigenvalue weighted by Gasteiger charge is 2.34. The molecule has 0 unspecified atom stereocenters. The SMILES string of the molecule is CC1(C(=O)Nc2cccnc2)CCNCC1. The van der Waals surface area contributed by atoms with Gasteiger partial charge in [0, 0.05) is 11.6 Å². The number of carbonyl (C=O) groups excluding carboxylic acids is 1. The standard InChI is InChI=1S/C12H17N3O/c1-12(4-7-13-8-5-12)11(16)15-10-3-2-6-14-9-10/h2-3,6,9,13H,4-5,7-8H2,1H3,(H,15,16). The molecule has 0 aromatic carbocycles. The number of carbonyl (C=O) groups is 1. The molecular formula is C12H17N3O. The van der Waals surface area contributed by atoms with E-state index in [4.69, 9.17) is 0 Å². The van der Waals surface area contributed by atoms with Crippen molar-refractivity contribution in [2.45, 2.75) is 19.8 Å². The first-order valence-corrected chi connectivity index (χ1v) is 5.63. The van der Waals surface area contributed by atoms with Crippen LogP contribution in [0.25, 0.3) is 0 Å². The van der Waals surface area contributed by atoms with Gasteiger partial charge in [0.1, 0.15) is 0 Å². The zero-order valence-electron chi connectivity index (χ0n) is 9.49. The molecule has 1 saturated heterocycles. The second-order valence-electron chi connectivity index (χ2n) is 4.51. The van der Waals surface area contributed by atoms with Crippen molar-refractivity contribution in [1.82, 2.24) is 10.3 Å². The van der Waals surface area contributed by atoms with E-state index in [1.807, 2.05) is 19.1 Å². The molecule has 0 aliphatic carbocycles. The Morgan fingerprint density at radius 3 is 2.88 bits per heavy atom. The van der Waals surface area contributed by atoms with E-state index in [2.05, 4.69) is 15.6 Å². The summed E-state index contributed by atoms with van der Waals surface area (Å²) in [6.45, 7) is 3.85. The molecule has 2 heterocycles. The maximum absolute atomic E-state index is 12.1. The lowest BCUT2D eigenvalue weighted by Crippen LogP contribution is -2.42. The third-order valence-corrected chi connectivity index (χ3v) is 3.17. The predicted molar refractivity (Wildman–Crippen MR) is 63.1 cm³/mol. The van der Waals surface area contributed by atoms with Gasteiger partial charge < -0.3 is 10.6 Å². The fourth-order valence-corrected chi connectivity index (χ4v) is 1.92. The van der Waals surface area contributed by atoms with Gasteiger partial charge in [0.05, 0.1) is 11.9 Å². The maximum Gasteiger partial charge on any atom is 0.230 e. The van der Waals surface area contributed by atoms with Crippen molar-refractivity contribution >= 4 is 11.6 Å². The van der Waals surface area contributed by atoms with E-state index in [1.54, 1.807) is 12.4 Å². The monoisotopic (exact) mass is 219 g/mol. The Kier molecular flexibility index (Phi) is 3.19. The molecule has 1 amide bonds. The van der Waals surface area contributed by atoms with Gasteiger partial charge in [-0.05, 0) is 38.1 Å². The fraction of sp³-hybridized carbons (Fsp3) is 0.500. The number of rotatable bonds is 2. The first kappa shape index (κ1) is 11.1. The molecular weight excluding hydrogens is 202 g/mol. The van der Waals surface area contributed by atoms with E-state index in [1.165, 1.54) is 0 Å². The quantitative estimate of drug-likeness (QED) is 0.790. The van der Waals surface area contributed by atoms with Crippen molar-refractivity contribution in [3.8, 4) is 0 Å². The maximum atomic E-state index is 12.1.